The summed E-state index contributed by atoms with van der Waals surface area (Å²) in [5.41, 5.74) is 1.01. The summed E-state index contributed by atoms with van der Waals surface area (Å²) in [6.07, 6.45) is 0.620. The van der Waals surface area contributed by atoms with Gasteiger partial charge >= 0.3 is 0 Å². The van der Waals surface area contributed by atoms with Crippen LogP contribution in [0, 0.1) is 11.3 Å². The molecule has 0 saturated carbocycles. The number of benzene rings is 1. The number of anilines is 2. The zero-order valence-corrected chi connectivity index (χ0v) is 16.1. The van der Waals surface area contributed by atoms with Crippen LogP contribution in [0.1, 0.15) is 12.0 Å². The smallest absolute Gasteiger partial charge is 0.249 e. The van der Waals surface area contributed by atoms with Gasteiger partial charge in [0.1, 0.15) is 34.2 Å². The van der Waals surface area contributed by atoms with E-state index in [0.29, 0.717) is 40.7 Å². The zero-order chi connectivity index (χ0) is 18.8. The summed E-state index contributed by atoms with van der Waals surface area (Å²) in [5, 5.41) is 10.0. The molecule has 1 amide bonds. The maximum absolute atomic E-state index is 13.0. The summed E-state index contributed by atoms with van der Waals surface area (Å²) >= 11 is 7.07. The number of carbonyl (C=O) groups excluding carboxylic acids is 1. The second-order valence-corrected chi connectivity index (χ2v) is 6.85. The average Bonchev–Trinajstić information content (AvgIpc) is 3.23. The molecule has 0 bridgehead atoms. The molecule has 0 aliphatic carbocycles. The van der Waals surface area contributed by atoms with Crippen LogP contribution < -0.4 is 19.3 Å². The van der Waals surface area contributed by atoms with E-state index < -0.39 is 6.04 Å². The summed E-state index contributed by atoms with van der Waals surface area (Å²) in [5.74, 6) is 1.17. The van der Waals surface area contributed by atoms with Crippen molar-refractivity contribution < 1.29 is 14.3 Å². The molecule has 1 aliphatic heterocycles. The van der Waals surface area contributed by atoms with Crippen molar-refractivity contribution in [2.75, 3.05) is 37.6 Å². The number of aromatic nitrogens is 1. The fourth-order valence-electron chi connectivity index (χ4n) is 2.97. The Morgan fingerprint density at radius 2 is 2.00 bits per heavy atom. The number of nitriles is 1. The Morgan fingerprint density at radius 3 is 2.58 bits per heavy atom. The molecule has 26 heavy (non-hydrogen) atoms. The largest absolute Gasteiger partial charge is 0.497 e. The number of ether oxygens (including phenoxy) is 2. The third-order valence-electron chi connectivity index (χ3n) is 4.36. The number of likely N-dealkylation sites (N-methyl/N-ethyl adjacent to an activating group) is 1. The number of methoxy groups -OCH3 is 2. The van der Waals surface area contributed by atoms with Crippen molar-refractivity contribution in [1.82, 2.24) is 4.37 Å². The predicted octanol–water partition coefficient (Wildman–Crippen LogP) is 2.93. The van der Waals surface area contributed by atoms with E-state index in [0.717, 1.165) is 11.5 Å². The fourth-order valence-corrected chi connectivity index (χ4v) is 4.01. The maximum Gasteiger partial charge on any atom is 0.249 e. The van der Waals surface area contributed by atoms with Crippen LogP contribution in [0.15, 0.2) is 18.2 Å². The predicted molar refractivity (Wildman–Crippen MR) is 101 cm³/mol. The van der Waals surface area contributed by atoms with Crippen LogP contribution in [-0.4, -0.2) is 44.1 Å². The first-order chi connectivity index (χ1) is 12.5. The number of rotatable bonds is 5. The van der Waals surface area contributed by atoms with Crippen molar-refractivity contribution in [3.63, 3.8) is 0 Å². The monoisotopic (exact) mass is 392 g/mol. The first kappa shape index (κ1) is 18.3. The summed E-state index contributed by atoms with van der Waals surface area (Å²) in [6, 6.07) is 7.01. The second-order valence-electron chi connectivity index (χ2n) is 5.74. The molecule has 0 spiro atoms. The molecule has 1 aromatic heterocycles. The Labute approximate surface area is 160 Å². The van der Waals surface area contributed by atoms with Crippen molar-refractivity contribution in [1.29, 1.82) is 5.26 Å². The topological polar surface area (TPSA) is 78.7 Å². The number of amides is 1. The minimum Gasteiger partial charge on any atom is -0.497 e. The minimum atomic E-state index is -0.393. The highest BCUT2D eigenvalue weighted by atomic mass is 35.5. The molecule has 1 aromatic carbocycles. The average molecular weight is 393 g/mol. The van der Waals surface area contributed by atoms with Crippen LogP contribution in [0.4, 0.5) is 10.7 Å². The van der Waals surface area contributed by atoms with Gasteiger partial charge in [-0.05, 0) is 18.0 Å². The molecular weight excluding hydrogens is 376 g/mol. The molecule has 1 saturated heterocycles. The van der Waals surface area contributed by atoms with Crippen molar-refractivity contribution in [3.8, 4) is 17.6 Å². The molecule has 1 atom stereocenters. The van der Waals surface area contributed by atoms with Crippen molar-refractivity contribution in [2.45, 2.75) is 12.5 Å². The van der Waals surface area contributed by atoms with Gasteiger partial charge < -0.3 is 19.3 Å². The summed E-state index contributed by atoms with van der Waals surface area (Å²) in [6.45, 7) is 0.554. The molecule has 2 aromatic rings. The Bertz CT molecular complexity index is 857. The quantitative estimate of drug-likeness (QED) is 0.778. The van der Waals surface area contributed by atoms with Gasteiger partial charge in [-0.15, -0.1) is 0 Å². The van der Waals surface area contributed by atoms with Gasteiger partial charge in [0.2, 0.25) is 5.91 Å². The third-order valence-corrected chi connectivity index (χ3v) is 5.67. The van der Waals surface area contributed by atoms with E-state index in [9.17, 15) is 10.1 Å². The Morgan fingerprint density at radius 1 is 1.35 bits per heavy atom. The van der Waals surface area contributed by atoms with Gasteiger partial charge in [-0.1, -0.05) is 11.6 Å². The molecule has 1 unspecified atom stereocenters. The van der Waals surface area contributed by atoms with Gasteiger partial charge in [0.25, 0.3) is 0 Å². The standard InChI is InChI=1S/C17H17ClN4O3S/c1-21(17-13(9-19)15(18)20-26-17)14-4-5-22(16(14)23)10-6-11(24-2)8-12(7-10)25-3/h6-8,14H,4-5H2,1-3H3. The van der Waals surface area contributed by atoms with Gasteiger partial charge in [-0.3, -0.25) is 4.79 Å². The van der Waals surface area contributed by atoms with Gasteiger partial charge in [0.15, 0.2) is 5.15 Å². The van der Waals surface area contributed by atoms with Gasteiger partial charge in [0, 0.05) is 31.8 Å². The highest BCUT2D eigenvalue weighted by molar-refractivity contribution is 7.10. The SMILES string of the molecule is COc1cc(OC)cc(N2CCC(N(C)c3snc(Cl)c3C#N)C2=O)c1. The lowest BCUT2D eigenvalue weighted by Gasteiger charge is -2.24. The maximum atomic E-state index is 13.0. The minimum absolute atomic E-state index is 0.0591. The molecular formula is C17H17ClN4O3S. The summed E-state index contributed by atoms with van der Waals surface area (Å²) < 4.78 is 14.6. The number of halogens is 1. The molecule has 3 rings (SSSR count). The van der Waals surface area contributed by atoms with E-state index >= 15 is 0 Å². The van der Waals surface area contributed by atoms with Crippen LogP contribution in [0.25, 0.3) is 0 Å². The van der Waals surface area contributed by atoms with E-state index in [4.69, 9.17) is 21.1 Å². The molecule has 1 aliphatic rings. The lowest BCUT2D eigenvalue weighted by atomic mass is 10.2. The van der Waals surface area contributed by atoms with Crippen LogP contribution in [0.3, 0.4) is 0 Å². The van der Waals surface area contributed by atoms with E-state index in [2.05, 4.69) is 10.4 Å². The van der Waals surface area contributed by atoms with Gasteiger partial charge in [-0.2, -0.15) is 9.64 Å². The van der Waals surface area contributed by atoms with Crippen molar-refractivity contribution >= 4 is 39.7 Å². The van der Waals surface area contributed by atoms with Crippen LogP contribution in [-0.2, 0) is 4.79 Å². The number of nitrogens with zero attached hydrogens (tertiary/aromatic N) is 4. The summed E-state index contributed by atoms with van der Waals surface area (Å²) in [4.78, 5) is 16.5. The molecule has 2 heterocycles. The van der Waals surface area contributed by atoms with E-state index in [1.165, 1.54) is 0 Å². The summed E-state index contributed by atoms with van der Waals surface area (Å²) in [7, 11) is 4.92. The molecule has 9 heteroatoms. The second kappa shape index (κ2) is 7.40. The first-order valence-corrected chi connectivity index (χ1v) is 8.97. The highest BCUT2D eigenvalue weighted by Crippen LogP contribution is 2.36. The lowest BCUT2D eigenvalue weighted by Crippen LogP contribution is -2.39. The van der Waals surface area contributed by atoms with E-state index in [-0.39, 0.29) is 11.1 Å². The third kappa shape index (κ3) is 3.16. The van der Waals surface area contributed by atoms with Crippen LogP contribution >= 0.6 is 23.1 Å². The van der Waals surface area contributed by atoms with Gasteiger partial charge in [0.05, 0.1) is 19.9 Å². The normalized spacial score (nSPS) is 16.5. The van der Waals surface area contributed by atoms with Gasteiger partial charge in [-0.25, -0.2) is 0 Å². The van der Waals surface area contributed by atoms with Crippen molar-refractivity contribution in [2.24, 2.45) is 0 Å². The number of hydrogen-bond donors (Lipinski definition) is 0. The molecule has 136 valence electrons. The zero-order valence-electron chi connectivity index (χ0n) is 14.5. The van der Waals surface area contributed by atoms with Crippen LogP contribution in [0.5, 0.6) is 11.5 Å². The van der Waals surface area contributed by atoms with Crippen molar-refractivity contribution in [3.05, 3.63) is 28.9 Å². The molecule has 7 nitrogen and oxygen atoms in total. The fraction of sp³-hybridized carbons (Fsp3) is 0.353. The Hall–Kier alpha value is -2.50. The molecule has 0 radical (unpaired) electrons. The Balaban J connectivity index is 1.87. The number of hydrogen-bond acceptors (Lipinski definition) is 7. The van der Waals surface area contributed by atoms with E-state index in [1.54, 1.807) is 49.3 Å². The highest BCUT2D eigenvalue weighted by Gasteiger charge is 2.37. The molecule has 1 fully saturated rings. The first-order valence-electron chi connectivity index (χ1n) is 7.82. The van der Waals surface area contributed by atoms with E-state index in [1.807, 2.05) is 0 Å². The lowest BCUT2D eigenvalue weighted by molar-refractivity contribution is -0.118. The molecule has 0 N–H and O–H groups in total. The number of carbonyl (C=O) groups is 1. The Kier molecular flexibility index (Phi) is 5.20. The van der Waals surface area contributed by atoms with Crippen LogP contribution in [0.2, 0.25) is 5.15 Å².